The molecule has 0 aliphatic carbocycles. The third kappa shape index (κ3) is 3.98. The molecule has 24 heavy (non-hydrogen) atoms. The summed E-state index contributed by atoms with van der Waals surface area (Å²) in [5.41, 5.74) is 1.89. The second kappa shape index (κ2) is 7.54. The van der Waals surface area contributed by atoms with Crippen molar-refractivity contribution in [3.05, 3.63) is 82.7 Å². The van der Waals surface area contributed by atoms with E-state index in [1.807, 2.05) is 54.6 Å². The monoisotopic (exact) mass is 336 g/mol. The molecule has 0 atom stereocenters. The molecule has 3 heteroatoms. The highest BCUT2D eigenvalue weighted by molar-refractivity contribution is 7.99. The van der Waals surface area contributed by atoms with Crippen LogP contribution in [0.25, 0.3) is 11.3 Å². The van der Waals surface area contributed by atoms with Gasteiger partial charge in [-0.15, -0.1) is 0 Å². The van der Waals surface area contributed by atoms with Crippen LogP contribution in [-0.2, 0) is 6.42 Å². The van der Waals surface area contributed by atoms with Crippen LogP contribution >= 0.6 is 11.8 Å². The van der Waals surface area contributed by atoms with Gasteiger partial charge in [0, 0.05) is 10.5 Å². The second-order valence-electron chi connectivity index (χ2n) is 6.13. The molecule has 0 aliphatic rings. The van der Waals surface area contributed by atoms with Gasteiger partial charge in [0.15, 0.2) is 0 Å². The topological polar surface area (TPSA) is 30.2 Å². The number of benzene rings is 2. The van der Waals surface area contributed by atoms with E-state index in [1.165, 1.54) is 17.3 Å². The van der Waals surface area contributed by atoms with E-state index >= 15 is 0 Å². The van der Waals surface area contributed by atoms with E-state index < -0.39 is 0 Å². The normalized spacial score (nSPS) is 11.0. The van der Waals surface area contributed by atoms with Crippen molar-refractivity contribution < 1.29 is 4.42 Å². The van der Waals surface area contributed by atoms with Gasteiger partial charge in [0.25, 0.3) is 0 Å². The van der Waals surface area contributed by atoms with Crippen molar-refractivity contribution >= 4 is 11.8 Å². The van der Waals surface area contributed by atoms with Crippen LogP contribution in [0.3, 0.4) is 0 Å². The summed E-state index contributed by atoms with van der Waals surface area (Å²) >= 11 is 1.48. The van der Waals surface area contributed by atoms with E-state index in [2.05, 4.69) is 26.0 Å². The van der Waals surface area contributed by atoms with E-state index in [0.29, 0.717) is 16.6 Å². The zero-order chi connectivity index (χ0) is 16.9. The van der Waals surface area contributed by atoms with Crippen LogP contribution < -0.4 is 5.63 Å². The molecule has 1 aromatic heterocycles. The van der Waals surface area contributed by atoms with Crippen LogP contribution in [-0.4, -0.2) is 0 Å². The summed E-state index contributed by atoms with van der Waals surface area (Å²) in [6.45, 7) is 4.40. The molecule has 0 spiro atoms. The quantitative estimate of drug-likeness (QED) is 0.602. The van der Waals surface area contributed by atoms with Gasteiger partial charge in [-0.05, 0) is 36.1 Å². The standard InChI is InChI=1S/C21H20O2S/c1-15(2)14-17-10-6-7-11-19(17)24-20-13-12-18(23-21(20)22)16-8-4-3-5-9-16/h3-13,15H,14H2,1-2H3. The van der Waals surface area contributed by atoms with Gasteiger partial charge < -0.3 is 4.42 Å². The highest BCUT2D eigenvalue weighted by Gasteiger charge is 2.10. The largest absolute Gasteiger partial charge is 0.422 e. The predicted molar refractivity (Wildman–Crippen MR) is 99.5 cm³/mol. The molecule has 122 valence electrons. The summed E-state index contributed by atoms with van der Waals surface area (Å²) < 4.78 is 5.51. The fraction of sp³-hybridized carbons (Fsp3) is 0.190. The van der Waals surface area contributed by atoms with Gasteiger partial charge in [-0.25, -0.2) is 4.79 Å². The summed E-state index contributed by atoms with van der Waals surface area (Å²) in [6.07, 6.45) is 0.997. The molecule has 0 fully saturated rings. The van der Waals surface area contributed by atoms with Gasteiger partial charge >= 0.3 is 5.63 Å². The molecule has 0 amide bonds. The molecular weight excluding hydrogens is 316 g/mol. The van der Waals surface area contributed by atoms with Crippen molar-refractivity contribution in [2.45, 2.75) is 30.1 Å². The first-order valence-corrected chi connectivity index (χ1v) is 8.90. The lowest BCUT2D eigenvalue weighted by Gasteiger charge is -2.10. The summed E-state index contributed by atoms with van der Waals surface area (Å²) in [4.78, 5) is 14.1. The maximum absolute atomic E-state index is 12.4. The molecule has 0 radical (unpaired) electrons. The number of hydrogen-bond donors (Lipinski definition) is 0. The van der Waals surface area contributed by atoms with Crippen molar-refractivity contribution in [3.8, 4) is 11.3 Å². The molecule has 1 heterocycles. The third-order valence-corrected chi connectivity index (χ3v) is 4.81. The second-order valence-corrected chi connectivity index (χ2v) is 7.21. The summed E-state index contributed by atoms with van der Waals surface area (Å²) in [5, 5.41) is 0. The zero-order valence-corrected chi connectivity index (χ0v) is 14.7. The highest BCUT2D eigenvalue weighted by Crippen LogP contribution is 2.30. The lowest BCUT2D eigenvalue weighted by Crippen LogP contribution is -2.03. The fourth-order valence-electron chi connectivity index (χ4n) is 2.57. The molecule has 0 N–H and O–H groups in total. The van der Waals surface area contributed by atoms with Crippen LogP contribution in [0.5, 0.6) is 0 Å². The first kappa shape index (κ1) is 16.6. The van der Waals surface area contributed by atoms with Crippen LogP contribution in [0.4, 0.5) is 0 Å². The minimum absolute atomic E-state index is 0.291. The first-order valence-electron chi connectivity index (χ1n) is 8.09. The van der Waals surface area contributed by atoms with Gasteiger partial charge in [0.05, 0.1) is 4.90 Å². The Morgan fingerprint density at radius 2 is 1.58 bits per heavy atom. The average molecular weight is 336 g/mol. The molecule has 0 saturated heterocycles. The summed E-state index contributed by atoms with van der Waals surface area (Å²) in [5.74, 6) is 1.17. The molecule has 0 saturated carbocycles. The Bertz CT molecular complexity index is 866. The van der Waals surface area contributed by atoms with E-state index in [4.69, 9.17) is 4.42 Å². The SMILES string of the molecule is CC(C)Cc1ccccc1Sc1ccc(-c2ccccc2)oc1=O. The fourth-order valence-corrected chi connectivity index (χ4v) is 3.49. The number of hydrogen-bond acceptors (Lipinski definition) is 3. The van der Waals surface area contributed by atoms with Crippen molar-refractivity contribution in [2.24, 2.45) is 5.92 Å². The highest BCUT2D eigenvalue weighted by atomic mass is 32.2. The summed E-state index contributed by atoms with van der Waals surface area (Å²) in [7, 11) is 0. The lowest BCUT2D eigenvalue weighted by molar-refractivity contribution is 0.509. The van der Waals surface area contributed by atoms with Gasteiger partial charge in [-0.3, -0.25) is 0 Å². The van der Waals surface area contributed by atoms with Gasteiger partial charge in [-0.2, -0.15) is 0 Å². The van der Waals surface area contributed by atoms with Gasteiger partial charge in [-0.1, -0.05) is 74.1 Å². The Hall–Kier alpha value is -2.26. The van der Waals surface area contributed by atoms with E-state index in [1.54, 1.807) is 0 Å². The van der Waals surface area contributed by atoms with Crippen molar-refractivity contribution in [3.63, 3.8) is 0 Å². The predicted octanol–water partition coefficient (Wildman–Crippen LogP) is 5.66. The molecule has 3 aromatic rings. The van der Waals surface area contributed by atoms with Crippen LogP contribution in [0, 0.1) is 5.92 Å². The van der Waals surface area contributed by atoms with E-state index in [9.17, 15) is 4.79 Å². The minimum Gasteiger partial charge on any atom is -0.422 e. The zero-order valence-electron chi connectivity index (χ0n) is 13.9. The first-order chi connectivity index (χ1) is 11.6. The minimum atomic E-state index is -0.291. The lowest BCUT2D eigenvalue weighted by atomic mass is 10.0. The Kier molecular flexibility index (Phi) is 5.21. The Labute approximate surface area is 146 Å². The molecular formula is C21H20O2S. The van der Waals surface area contributed by atoms with Crippen LogP contribution in [0.1, 0.15) is 19.4 Å². The molecule has 2 aromatic carbocycles. The number of rotatable bonds is 5. The maximum Gasteiger partial charge on any atom is 0.350 e. The molecule has 2 nitrogen and oxygen atoms in total. The Morgan fingerprint density at radius 3 is 2.29 bits per heavy atom. The molecule has 3 rings (SSSR count). The van der Waals surface area contributed by atoms with Crippen molar-refractivity contribution in [2.75, 3.05) is 0 Å². The van der Waals surface area contributed by atoms with Gasteiger partial charge in [0.2, 0.25) is 0 Å². The Balaban J connectivity index is 1.88. The van der Waals surface area contributed by atoms with Crippen LogP contribution in [0.2, 0.25) is 0 Å². The summed E-state index contributed by atoms with van der Waals surface area (Å²) in [6, 6.07) is 21.6. The molecule has 0 bridgehead atoms. The van der Waals surface area contributed by atoms with Crippen molar-refractivity contribution in [1.82, 2.24) is 0 Å². The third-order valence-electron chi connectivity index (χ3n) is 3.67. The van der Waals surface area contributed by atoms with E-state index in [0.717, 1.165) is 16.9 Å². The average Bonchev–Trinajstić information content (AvgIpc) is 2.58. The Morgan fingerprint density at radius 1 is 0.875 bits per heavy atom. The smallest absolute Gasteiger partial charge is 0.350 e. The molecule has 0 unspecified atom stereocenters. The van der Waals surface area contributed by atoms with Crippen LogP contribution in [0.15, 0.2) is 85.7 Å². The maximum atomic E-state index is 12.4. The molecule has 0 aliphatic heterocycles. The van der Waals surface area contributed by atoms with Crippen molar-refractivity contribution in [1.29, 1.82) is 0 Å². The van der Waals surface area contributed by atoms with E-state index in [-0.39, 0.29) is 5.63 Å². The van der Waals surface area contributed by atoms with Gasteiger partial charge in [0.1, 0.15) is 5.76 Å².